The minimum absolute atomic E-state index is 0.148. The van der Waals surface area contributed by atoms with E-state index in [0.29, 0.717) is 17.9 Å². The molecule has 2 rings (SSSR count). The Kier molecular flexibility index (Phi) is 5.60. The molecule has 2 aromatic rings. The van der Waals surface area contributed by atoms with Crippen LogP contribution in [0.1, 0.15) is 31.2 Å². The Hall–Kier alpha value is -2.28. The number of H-pyrrole nitrogens is 1. The van der Waals surface area contributed by atoms with Crippen molar-refractivity contribution in [3.63, 3.8) is 0 Å². The lowest BCUT2D eigenvalue weighted by Crippen LogP contribution is -2.26. The summed E-state index contributed by atoms with van der Waals surface area (Å²) in [5.74, 6) is 1.02. The number of aromatic amines is 1. The number of nitrogens with zero attached hydrogens (tertiary/aromatic N) is 3. The summed E-state index contributed by atoms with van der Waals surface area (Å²) in [6, 6.07) is 3.71. The molecule has 22 heavy (non-hydrogen) atoms. The summed E-state index contributed by atoms with van der Waals surface area (Å²) in [5.41, 5.74) is 0.886. The highest BCUT2D eigenvalue weighted by atomic mass is 32.1. The molecule has 1 amide bonds. The summed E-state index contributed by atoms with van der Waals surface area (Å²) in [4.78, 5) is 15.8. The lowest BCUT2D eigenvalue weighted by atomic mass is 10.2. The summed E-state index contributed by atoms with van der Waals surface area (Å²) >= 11 is 5.20. The van der Waals surface area contributed by atoms with Crippen LogP contribution in [0.5, 0.6) is 0 Å². The van der Waals surface area contributed by atoms with Crippen LogP contribution in [0.25, 0.3) is 6.08 Å². The number of aromatic nitrogens is 4. The van der Waals surface area contributed by atoms with Crippen LogP contribution in [-0.2, 0) is 11.3 Å². The molecule has 0 spiro atoms. The Labute approximate surface area is 134 Å². The third-order valence-electron chi connectivity index (χ3n) is 3.05. The van der Waals surface area contributed by atoms with Crippen molar-refractivity contribution in [2.45, 2.75) is 26.3 Å². The largest absolute Gasteiger partial charge is 0.351 e. The lowest BCUT2D eigenvalue weighted by molar-refractivity contribution is -0.116. The molecule has 0 atom stereocenters. The van der Waals surface area contributed by atoms with Gasteiger partial charge in [-0.25, -0.2) is 0 Å². The topological polar surface area (TPSA) is 75.6 Å². The van der Waals surface area contributed by atoms with E-state index in [0.717, 1.165) is 11.4 Å². The van der Waals surface area contributed by atoms with Gasteiger partial charge in [0, 0.05) is 37.5 Å². The van der Waals surface area contributed by atoms with E-state index in [4.69, 9.17) is 12.2 Å². The van der Waals surface area contributed by atoms with Crippen molar-refractivity contribution < 1.29 is 4.79 Å². The summed E-state index contributed by atoms with van der Waals surface area (Å²) < 4.78 is 2.48. The number of carbonyl (C=O) groups excluding carboxylic acids is 1. The van der Waals surface area contributed by atoms with Gasteiger partial charge in [-0.3, -0.25) is 14.9 Å². The standard InChI is InChI=1S/C15H19N5OS/c1-11(2)14-18-19-15(22)20(14)9-8-17-13(21)6-5-12-4-3-7-16-10-12/h3-7,10-11H,8-9H2,1-2H3,(H,17,21)(H,19,22)/b6-5+. The van der Waals surface area contributed by atoms with Crippen molar-refractivity contribution in [1.29, 1.82) is 0 Å². The second-order valence-electron chi connectivity index (χ2n) is 5.10. The van der Waals surface area contributed by atoms with Crippen LogP contribution in [-0.4, -0.2) is 32.2 Å². The Morgan fingerprint density at radius 1 is 1.55 bits per heavy atom. The lowest BCUT2D eigenvalue weighted by Gasteiger charge is -2.09. The predicted molar refractivity (Wildman–Crippen MR) is 87.8 cm³/mol. The molecule has 0 saturated carbocycles. The van der Waals surface area contributed by atoms with Gasteiger partial charge in [-0.05, 0) is 29.9 Å². The van der Waals surface area contributed by atoms with E-state index in [-0.39, 0.29) is 11.8 Å². The van der Waals surface area contributed by atoms with E-state index in [1.807, 2.05) is 16.7 Å². The molecular weight excluding hydrogens is 298 g/mol. The van der Waals surface area contributed by atoms with Gasteiger partial charge in [-0.15, -0.1) is 0 Å². The highest BCUT2D eigenvalue weighted by Crippen LogP contribution is 2.10. The van der Waals surface area contributed by atoms with Crippen LogP contribution in [0.2, 0.25) is 0 Å². The monoisotopic (exact) mass is 317 g/mol. The molecule has 0 aliphatic rings. The fourth-order valence-electron chi connectivity index (χ4n) is 1.98. The molecule has 0 bridgehead atoms. The Morgan fingerprint density at radius 3 is 3.05 bits per heavy atom. The first-order chi connectivity index (χ1) is 10.6. The van der Waals surface area contributed by atoms with Crippen LogP contribution in [0, 0.1) is 4.77 Å². The number of hydrogen-bond acceptors (Lipinski definition) is 4. The maximum atomic E-state index is 11.8. The average molecular weight is 317 g/mol. The molecule has 116 valence electrons. The Morgan fingerprint density at radius 2 is 2.36 bits per heavy atom. The van der Waals surface area contributed by atoms with Gasteiger partial charge >= 0.3 is 0 Å². The number of pyridine rings is 1. The minimum Gasteiger partial charge on any atom is -0.351 e. The molecule has 0 aliphatic heterocycles. The maximum Gasteiger partial charge on any atom is 0.244 e. The minimum atomic E-state index is -0.148. The molecule has 7 heteroatoms. The van der Waals surface area contributed by atoms with E-state index in [1.54, 1.807) is 18.5 Å². The zero-order valence-electron chi connectivity index (χ0n) is 12.6. The van der Waals surface area contributed by atoms with Gasteiger partial charge in [0.05, 0.1) is 0 Å². The van der Waals surface area contributed by atoms with Gasteiger partial charge in [-0.1, -0.05) is 19.9 Å². The summed E-state index contributed by atoms with van der Waals surface area (Å²) in [6.45, 7) is 5.19. The summed E-state index contributed by atoms with van der Waals surface area (Å²) in [7, 11) is 0. The van der Waals surface area contributed by atoms with E-state index in [1.165, 1.54) is 6.08 Å². The fraction of sp³-hybridized carbons (Fsp3) is 0.333. The first-order valence-electron chi connectivity index (χ1n) is 7.09. The van der Waals surface area contributed by atoms with E-state index in [2.05, 4.69) is 34.3 Å². The molecule has 6 nitrogen and oxygen atoms in total. The molecule has 0 aliphatic carbocycles. The molecule has 0 radical (unpaired) electrons. The third kappa shape index (κ3) is 4.36. The van der Waals surface area contributed by atoms with Gasteiger partial charge in [0.2, 0.25) is 5.91 Å². The smallest absolute Gasteiger partial charge is 0.244 e. The van der Waals surface area contributed by atoms with Crippen molar-refractivity contribution in [3.05, 3.63) is 46.8 Å². The molecule has 0 aromatic carbocycles. The molecule has 2 heterocycles. The van der Waals surface area contributed by atoms with Crippen LogP contribution in [0.3, 0.4) is 0 Å². The van der Waals surface area contributed by atoms with Gasteiger partial charge in [0.15, 0.2) is 4.77 Å². The number of carbonyl (C=O) groups is 1. The normalized spacial score (nSPS) is 11.2. The van der Waals surface area contributed by atoms with Gasteiger partial charge < -0.3 is 9.88 Å². The summed E-state index contributed by atoms with van der Waals surface area (Å²) in [6.07, 6.45) is 6.61. The molecule has 2 aromatic heterocycles. The third-order valence-corrected chi connectivity index (χ3v) is 3.36. The van der Waals surface area contributed by atoms with Crippen LogP contribution in [0.4, 0.5) is 0 Å². The van der Waals surface area contributed by atoms with Gasteiger partial charge in [0.1, 0.15) is 5.82 Å². The highest BCUT2D eigenvalue weighted by molar-refractivity contribution is 7.71. The SMILES string of the molecule is CC(C)c1n[nH]c(=S)n1CCNC(=O)/C=C/c1cccnc1. The molecule has 0 saturated heterocycles. The van der Waals surface area contributed by atoms with Crippen molar-refractivity contribution in [2.75, 3.05) is 6.54 Å². The first-order valence-corrected chi connectivity index (χ1v) is 7.50. The number of hydrogen-bond donors (Lipinski definition) is 2. The predicted octanol–water partition coefficient (Wildman–Crippen LogP) is 2.29. The van der Waals surface area contributed by atoms with Crippen molar-refractivity contribution in [1.82, 2.24) is 25.1 Å². The second kappa shape index (κ2) is 7.65. The van der Waals surface area contributed by atoms with Crippen LogP contribution in [0.15, 0.2) is 30.6 Å². The van der Waals surface area contributed by atoms with Gasteiger partial charge in [0.25, 0.3) is 0 Å². The fourth-order valence-corrected chi connectivity index (χ4v) is 2.21. The maximum absolute atomic E-state index is 11.8. The van der Waals surface area contributed by atoms with Crippen LogP contribution < -0.4 is 5.32 Å². The van der Waals surface area contributed by atoms with E-state index >= 15 is 0 Å². The first kappa shape index (κ1) is 16.1. The zero-order valence-corrected chi connectivity index (χ0v) is 13.4. The Balaban J connectivity index is 1.86. The Bertz CT molecular complexity index is 702. The zero-order chi connectivity index (χ0) is 15.9. The summed E-state index contributed by atoms with van der Waals surface area (Å²) in [5, 5.41) is 9.82. The van der Waals surface area contributed by atoms with E-state index in [9.17, 15) is 4.79 Å². The molecule has 0 fully saturated rings. The second-order valence-corrected chi connectivity index (χ2v) is 5.49. The van der Waals surface area contributed by atoms with E-state index < -0.39 is 0 Å². The van der Waals surface area contributed by atoms with Crippen molar-refractivity contribution in [3.8, 4) is 0 Å². The number of amides is 1. The number of nitrogens with one attached hydrogen (secondary N) is 2. The van der Waals surface area contributed by atoms with Crippen molar-refractivity contribution in [2.24, 2.45) is 0 Å². The molecular formula is C15H19N5OS. The van der Waals surface area contributed by atoms with Gasteiger partial charge in [-0.2, -0.15) is 5.10 Å². The number of rotatable bonds is 6. The highest BCUT2D eigenvalue weighted by Gasteiger charge is 2.09. The van der Waals surface area contributed by atoms with Crippen LogP contribution >= 0.6 is 12.2 Å². The molecule has 0 unspecified atom stereocenters. The quantitative estimate of drug-likeness (QED) is 0.633. The molecule has 2 N–H and O–H groups in total. The van der Waals surface area contributed by atoms with Crippen molar-refractivity contribution >= 4 is 24.2 Å². The average Bonchev–Trinajstić information content (AvgIpc) is 2.88.